The Hall–Kier alpha value is -2.10. The Balaban J connectivity index is 2.22. The summed E-state index contributed by atoms with van der Waals surface area (Å²) in [7, 11) is 0. The lowest BCUT2D eigenvalue weighted by molar-refractivity contribution is -0.117. The topological polar surface area (TPSA) is 55.4 Å². The summed E-state index contributed by atoms with van der Waals surface area (Å²) in [6.07, 6.45) is -0.312. The lowest BCUT2D eigenvalue weighted by atomic mass is 10.2. The molecule has 0 heterocycles. The van der Waals surface area contributed by atoms with Gasteiger partial charge in [0.05, 0.1) is 6.54 Å². The Labute approximate surface area is 107 Å². The van der Waals surface area contributed by atoms with Crippen molar-refractivity contribution in [2.75, 3.05) is 6.54 Å². The summed E-state index contributed by atoms with van der Waals surface area (Å²) in [5.41, 5.74) is 1.68. The summed E-state index contributed by atoms with van der Waals surface area (Å²) in [4.78, 5) is 22.6. The van der Waals surface area contributed by atoms with Crippen molar-refractivity contribution >= 4 is 11.9 Å². The number of rotatable bonds is 6. The third-order valence-corrected chi connectivity index (χ3v) is 2.14. The van der Waals surface area contributed by atoms with Gasteiger partial charge in [-0.3, -0.25) is 4.79 Å². The van der Waals surface area contributed by atoms with Gasteiger partial charge in [-0.15, -0.1) is 0 Å². The van der Waals surface area contributed by atoms with Crippen LogP contribution in [0.1, 0.15) is 18.9 Å². The van der Waals surface area contributed by atoms with Crippen LogP contribution in [0.4, 0.5) is 4.79 Å². The molecule has 0 saturated heterocycles. The molecule has 18 heavy (non-hydrogen) atoms. The van der Waals surface area contributed by atoms with E-state index in [0.717, 1.165) is 11.1 Å². The standard InChI is InChI=1S/C14H17NO3/c1-11(2)8-13(16)9-15-14(17)18-10-12-6-4-3-5-7-12/h3-7H,1,8-10H2,2H3,(H,15,17). The van der Waals surface area contributed by atoms with Gasteiger partial charge in [0, 0.05) is 6.42 Å². The van der Waals surface area contributed by atoms with Gasteiger partial charge >= 0.3 is 6.09 Å². The van der Waals surface area contributed by atoms with Crippen LogP contribution in [0.15, 0.2) is 42.5 Å². The van der Waals surface area contributed by atoms with Crippen molar-refractivity contribution in [1.82, 2.24) is 5.32 Å². The molecule has 1 N–H and O–H groups in total. The van der Waals surface area contributed by atoms with E-state index in [4.69, 9.17) is 4.74 Å². The predicted molar refractivity (Wildman–Crippen MR) is 69.1 cm³/mol. The second-order valence-electron chi connectivity index (χ2n) is 4.09. The lowest BCUT2D eigenvalue weighted by Crippen LogP contribution is -2.30. The van der Waals surface area contributed by atoms with Crippen molar-refractivity contribution < 1.29 is 14.3 Å². The van der Waals surface area contributed by atoms with Crippen molar-refractivity contribution in [3.63, 3.8) is 0 Å². The van der Waals surface area contributed by atoms with Gasteiger partial charge in [0.2, 0.25) is 0 Å². The molecule has 4 heteroatoms. The Morgan fingerprint density at radius 1 is 1.28 bits per heavy atom. The third-order valence-electron chi connectivity index (χ3n) is 2.14. The number of hydrogen-bond donors (Lipinski definition) is 1. The Morgan fingerprint density at radius 2 is 1.94 bits per heavy atom. The van der Waals surface area contributed by atoms with Crippen LogP contribution in [0, 0.1) is 0 Å². The number of alkyl carbamates (subject to hydrolysis) is 1. The minimum absolute atomic E-state index is 0.0273. The summed E-state index contributed by atoms with van der Waals surface area (Å²) in [5.74, 6) is -0.0841. The van der Waals surface area contributed by atoms with Gasteiger partial charge in [-0.1, -0.05) is 42.5 Å². The predicted octanol–water partition coefficient (Wildman–Crippen LogP) is 2.45. The first kappa shape index (κ1) is 14.0. The molecule has 0 aliphatic heterocycles. The number of ether oxygens (including phenoxy) is 1. The molecule has 0 atom stereocenters. The van der Waals surface area contributed by atoms with Crippen LogP contribution in [0.25, 0.3) is 0 Å². The largest absolute Gasteiger partial charge is 0.445 e. The maximum absolute atomic E-state index is 11.3. The molecule has 0 unspecified atom stereocenters. The molecule has 1 rings (SSSR count). The van der Waals surface area contributed by atoms with E-state index in [1.807, 2.05) is 30.3 Å². The fraction of sp³-hybridized carbons (Fsp3) is 0.286. The van der Waals surface area contributed by atoms with E-state index in [1.165, 1.54) is 0 Å². The van der Waals surface area contributed by atoms with Crippen molar-refractivity contribution in [1.29, 1.82) is 0 Å². The SMILES string of the molecule is C=C(C)CC(=O)CNC(=O)OCc1ccccc1. The molecule has 0 fully saturated rings. The van der Waals surface area contributed by atoms with E-state index in [9.17, 15) is 9.59 Å². The van der Waals surface area contributed by atoms with Gasteiger partial charge in [0.15, 0.2) is 5.78 Å². The van der Waals surface area contributed by atoms with E-state index in [-0.39, 0.29) is 25.4 Å². The molecule has 0 aliphatic carbocycles. The quantitative estimate of drug-likeness (QED) is 0.785. The monoisotopic (exact) mass is 247 g/mol. The first-order chi connectivity index (χ1) is 8.58. The number of allylic oxidation sites excluding steroid dienone is 1. The van der Waals surface area contributed by atoms with Crippen LogP contribution < -0.4 is 5.32 Å². The highest BCUT2D eigenvalue weighted by Gasteiger charge is 2.06. The number of carbonyl (C=O) groups excluding carboxylic acids is 2. The minimum Gasteiger partial charge on any atom is -0.445 e. The number of carbonyl (C=O) groups is 2. The van der Waals surface area contributed by atoms with E-state index < -0.39 is 6.09 Å². The number of benzene rings is 1. The Kier molecular flexibility index (Phi) is 5.64. The number of Topliss-reactive ketones (excluding diaryl/α,β-unsaturated/α-hetero) is 1. The number of hydrogen-bond acceptors (Lipinski definition) is 3. The summed E-state index contributed by atoms with van der Waals surface area (Å²) in [6, 6.07) is 9.35. The minimum atomic E-state index is -0.589. The lowest BCUT2D eigenvalue weighted by Gasteiger charge is -2.06. The summed E-state index contributed by atoms with van der Waals surface area (Å²) < 4.78 is 4.96. The average Bonchev–Trinajstić information content (AvgIpc) is 2.34. The number of amides is 1. The number of ketones is 1. The molecular formula is C14H17NO3. The molecule has 0 aromatic heterocycles. The highest BCUT2D eigenvalue weighted by Crippen LogP contribution is 2.00. The Morgan fingerprint density at radius 3 is 2.56 bits per heavy atom. The maximum atomic E-state index is 11.3. The van der Waals surface area contributed by atoms with Crippen LogP contribution >= 0.6 is 0 Å². The highest BCUT2D eigenvalue weighted by molar-refractivity contribution is 5.85. The zero-order chi connectivity index (χ0) is 13.4. The fourth-order valence-electron chi connectivity index (χ4n) is 1.34. The van der Waals surface area contributed by atoms with Crippen LogP contribution in [0.5, 0.6) is 0 Å². The molecule has 0 aliphatic rings. The molecule has 0 radical (unpaired) electrons. The Bertz CT molecular complexity index is 426. The molecule has 1 aromatic carbocycles. The third kappa shape index (κ3) is 5.84. The van der Waals surface area contributed by atoms with E-state index in [0.29, 0.717) is 0 Å². The van der Waals surface area contributed by atoms with Gasteiger partial charge < -0.3 is 10.1 Å². The van der Waals surface area contributed by atoms with Crippen LogP contribution in [-0.4, -0.2) is 18.4 Å². The van der Waals surface area contributed by atoms with Gasteiger partial charge in [-0.25, -0.2) is 4.79 Å². The van der Waals surface area contributed by atoms with E-state index in [1.54, 1.807) is 6.92 Å². The first-order valence-corrected chi connectivity index (χ1v) is 5.68. The molecule has 0 bridgehead atoms. The van der Waals surface area contributed by atoms with Crippen molar-refractivity contribution in [3.8, 4) is 0 Å². The van der Waals surface area contributed by atoms with Gasteiger partial charge in [0.1, 0.15) is 6.61 Å². The smallest absolute Gasteiger partial charge is 0.407 e. The molecule has 0 saturated carbocycles. The zero-order valence-corrected chi connectivity index (χ0v) is 10.4. The second kappa shape index (κ2) is 7.27. The first-order valence-electron chi connectivity index (χ1n) is 5.68. The normalized spacial score (nSPS) is 9.61. The summed E-state index contributed by atoms with van der Waals surface area (Å²) >= 11 is 0. The summed E-state index contributed by atoms with van der Waals surface area (Å²) in [5, 5.41) is 2.41. The van der Waals surface area contributed by atoms with Crippen molar-refractivity contribution in [3.05, 3.63) is 48.0 Å². The van der Waals surface area contributed by atoms with Crippen molar-refractivity contribution in [2.45, 2.75) is 20.0 Å². The average molecular weight is 247 g/mol. The van der Waals surface area contributed by atoms with Gasteiger partial charge in [-0.05, 0) is 12.5 Å². The molecular weight excluding hydrogens is 230 g/mol. The maximum Gasteiger partial charge on any atom is 0.407 e. The van der Waals surface area contributed by atoms with E-state index >= 15 is 0 Å². The molecule has 4 nitrogen and oxygen atoms in total. The van der Waals surface area contributed by atoms with Crippen LogP contribution in [-0.2, 0) is 16.1 Å². The van der Waals surface area contributed by atoms with Crippen LogP contribution in [0.3, 0.4) is 0 Å². The molecule has 0 spiro atoms. The number of nitrogens with one attached hydrogen (secondary N) is 1. The molecule has 1 amide bonds. The zero-order valence-electron chi connectivity index (χ0n) is 10.4. The van der Waals surface area contributed by atoms with E-state index in [2.05, 4.69) is 11.9 Å². The fourth-order valence-corrected chi connectivity index (χ4v) is 1.34. The van der Waals surface area contributed by atoms with Crippen molar-refractivity contribution in [2.24, 2.45) is 0 Å². The van der Waals surface area contributed by atoms with Gasteiger partial charge in [0.25, 0.3) is 0 Å². The van der Waals surface area contributed by atoms with Crippen LogP contribution in [0.2, 0.25) is 0 Å². The molecule has 96 valence electrons. The highest BCUT2D eigenvalue weighted by atomic mass is 16.5. The second-order valence-corrected chi connectivity index (χ2v) is 4.09. The molecule has 1 aromatic rings. The summed E-state index contributed by atoms with van der Waals surface area (Å²) in [6.45, 7) is 5.57. The van der Waals surface area contributed by atoms with Gasteiger partial charge in [-0.2, -0.15) is 0 Å².